The van der Waals surface area contributed by atoms with E-state index in [0.717, 1.165) is 0 Å². The SMILES string of the molecule is COC(=O)Cc1sccc1C(=O)ON1C(=O)c2ccccc2C1=O. The van der Waals surface area contributed by atoms with E-state index < -0.39 is 23.8 Å². The molecule has 0 saturated heterocycles. The highest BCUT2D eigenvalue weighted by molar-refractivity contribution is 7.10. The van der Waals surface area contributed by atoms with E-state index in [1.165, 1.54) is 36.6 Å². The van der Waals surface area contributed by atoms with Crippen molar-refractivity contribution in [3.8, 4) is 0 Å². The van der Waals surface area contributed by atoms with E-state index in [1.54, 1.807) is 17.5 Å². The van der Waals surface area contributed by atoms with Crippen LogP contribution >= 0.6 is 11.3 Å². The van der Waals surface area contributed by atoms with Gasteiger partial charge in [-0.25, -0.2) is 4.79 Å². The van der Waals surface area contributed by atoms with Crippen molar-refractivity contribution in [2.24, 2.45) is 0 Å². The smallest absolute Gasteiger partial charge is 0.365 e. The molecule has 1 aromatic carbocycles. The normalized spacial score (nSPS) is 13.0. The van der Waals surface area contributed by atoms with Crippen LogP contribution in [0.1, 0.15) is 36.0 Å². The number of hydrogen-bond donors (Lipinski definition) is 0. The van der Waals surface area contributed by atoms with Crippen molar-refractivity contribution in [2.75, 3.05) is 7.11 Å². The Morgan fingerprint density at radius 3 is 2.29 bits per heavy atom. The van der Waals surface area contributed by atoms with Crippen LogP contribution in [-0.2, 0) is 20.8 Å². The number of ether oxygens (including phenoxy) is 1. The van der Waals surface area contributed by atoms with Crippen LogP contribution in [0, 0.1) is 0 Å². The van der Waals surface area contributed by atoms with Gasteiger partial charge in [0.1, 0.15) is 0 Å². The molecule has 0 N–H and O–H groups in total. The topological polar surface area (TPSA) is 90.0 Å². The first-order valence-corrected chi connectivity index (χ1v) is 7.74. The molecule has 2 heterocycles. The minimum Gasteiger partial charge on any atom is -0.469 e. The highest BCUT2D eigenvalue weighted by Gasteiger charge is 2.39. The van der Waals surface area contributed by atoms with Gasteiger partial charge in [-0.15, -0.1) is 11.3 Å². The zero-order valence-corrected chi connectivity index (χ0v) is 13.3. The highest BCUT2D eigenvalue weighted by atomic mass is 32.1. The van der Waals surface area contributed by atoms with Gasteiger partial charge in [-0.3, -0.25) is 14.4 Å². The molecule has 1 aliphatic rings. The number of benzene rings is 1. The molecule has 7 nitrogen and oxygen atoms in total. The zero-order chi connectivity index (χ0) is 17.3. The summed E-state index contributed by atoms with van der Waals surface area (Å²) >= 11 is 1.18. The molecule has 2 aromatic rings. The maximum Gasteiger partial charge on any atom is 0.365 e. The van der Waals surface area contributed by atoms with Crippen molar-refractivity contribution in [2.45, 2.75) is 6.42 Å². The van der Waals surface area contributed by atoms with Gasteiger partial charge in [0.15, 0.2) is 0 Å². The fraction of sp³-hybridized carbons (Fsp3) is 0.125. The number of esters is 1. The van der Waals surface area contributed by atoms with E-state index in [-0.39, 0.29) is 23.1 Å². The highest BCUT2D eigenvalue weighted by Crippen LogP contribution is 2.25. The molecule has 0 fully saturated rings. The number of thiophene rings is 1. The Kier molecular flexibility index (Phi) is 4.13. The number of methoxy groups -OCH3 is 1. The molecule has 1 aliphatic heterocycles. The van der Waals surface area contributed by atoms with Crippen LogP contribution in [0.2, 0.25) is 0 Å². The number of nitrogens with zero attached hydrogens (tertiary/aromatic N) is 1. The van der Waals surface area contributed by atoms with Gasteiger partial charge >= 0.3 is 11.9 Å². The van der Waals surface area contributed by atoms with Crippen molar-refractivity contribution >= 4 is 35.1 Å². The lowest BCUT2D eigenvalue weighted by molar-refractivity contribution is -0.139. The predicted octanol–water partition coefficient (Wildman–Crippen LogP) is 1.83. The van der Waals surface area contributed by atoms with Crippen molar-refractivity contribution in [3.05, 3.63) is 57.3 Å². The first kappa shape index (κ1) is 15.9. The van der Waals surface area contributed by atoms with Gasteiger partial charge in [0.25, 0.3) is 11.8 Å². The Bertz CT molecular complexity index is 821. The van der Waals surface area contributed by atoms with E-state index in [0.29, 0.717) is 9.94 Å². The number of imide groups is 1. The summed E-state index contributed by atoms with van der Waals surface area (Å²) in [5.41, 5.74) is 0.466. The molecule has 0 radical (unpaired) electrons. The van der Waals surface area contributed by atoms with E-state index >= 15 is 0 Å². The van der Waals surface area contributed by atoms with Gasteiger partial charge in [-0.05, 0) is 23.6 Å². The number of hydrogen-bond acceptors (Lipinski definition) is 7. The number of amides is 2. The Labute approximate surface area is 140 Å². The minimum atomic E-state index is -0.885. The summed E-state index contributed by atoms with van der Waals surface area (Å²) in [5, 5.41) is 2.05. The molecular weight excluding hydrogens is 334 g/mol. The second-order valence-corrected chi connectivity index (χ2v) is 5.84. The molecule has 3 rings (SSSR count). The maximum atomic E-state index is 12.3. The van der Waals surface area contributed by atoms with Gasteiger partial charge in [0.05, 0.1) is 30.2 Å². The van der Waals surface area contributed by atoms with Crippen LogP contribution in [0.15, 0.2) is 35.7 Å². The second kappa shape index (κ2) is 6.25. The lowest BCUT2D eigenvalue weighted by Gasteiger charge is -2.12. The van der Waals surface area contributed by atoms with E-state index in [1.807, 2.05) is 0 Å². The van der Waals surface area contributed by atoms with Crippen LogP contribution in [0.25, 0.3) is 0 Å². The molecule has 122 valence electrons. The van der Waals surface area contributed by atoms with E-state index in [2.05, 4.69) is 4.74 Å². The number of fused-ring (bicyclic) bond motifs is 1. The third-order valence-electron chi connectivity index (χ3n) is 3.43. The molecule has 0 spiro atoms. The quantitative estimate of drug-likeness (QED) is 0.620. The Morgan fingerprint density at radius 1 is 1.08 bits per heavy atom. The van der Waals surface area contributed by atoms with Gasteiger partial charge in [-0.1, -0.05) is 17.2 Å². The monoisotopic (exact) mass is 345 g/mol. The summed E-state index contributed by atoms with van der Waals surface area (Å²) in [6.45, 7) is 0. The summed E-state index contributed by atoms with van der Waals surface area (Å²) in [6.07, 6.45) is -0.0965. The van der Waals surface area contributed by atoms with Crippen molar-refractivity contribution in [1.82, 2.24) is 5.06 Å². The summed E-state index contributed by atoms with van der Waals surface area (Å²) < 4.78 is 4.57. The Morgan fingerprint density at radius 2 is 1.71 bits per heavy atom. The molecule has 0 unspecified atom stereocenters. The first-order valence-electron chi connectivity index (χ1n) is 6.86. The number of carbonyl (C=O) groups excluding carboxylic acids is 4. The summed E-state index contributed by atoms with van der Waals surface area (Å²) in [4.78, 5) is 53.4. The van der Waals surface area contributed by atoms with Crippen LogP contribution in [-0.4, -0.2) is 35.9 Å². The predicted molar refractivity (Wildman–Crippen MR) is 82.4 cm³/mol. The fourth-order valence-electron chi connectivity index (χ4n) is 2.24. The molecular formula is C16H11NO6S. The molecule has 1 aromatic heterocycles. The minimum absolute atomic E-state index is 0.0965. The third-order valence-corrected chi connectivity index (χ3v) is 4.35. The maximum absolute atomic E-state index is 12.3. The summed E-state index contributed by atoms with van der Waals surface area (Å²) in [5.74, 6) is -2.79. The second-order valence-electron chi connectivity index (χ2n) is 4.84. The number of carbonyl (C=O) groups is 4. The van der Waals surface area contributed by atoms with Crippen LogP contribution in [0.4, 0.5) is 0 Å². The van der Waals surface area contributed by atoms with Gasteiger partial charge < -0.3 is 9.57 Å². The largest absolute Gasteiger partial charge is 0.469 e. The molecule has 0 aliphatic carbocycles. The van der Waals surface area contributed by atoms with Gasteiger partial charge in [-0.2, -0.15) is 0 Å². The van der Waals surface area contributed by atoms with Gasteiger partial charge in [0, 0.05) is 4.88 Å². The summed E-state index contributed by atoms with van der Waals surface area (Å²) in [7, 11) is 1.24. The lowest BCUT2D eigenvalue weighted by atomic mass is 10.1. The van der Waals surface area contributed by atoms with Crippen LogP contribution in [0.5, 0.6) is 0 Å². The van der Waals surface area contributed by atoms with Crippen molar-refractivity contribution in [1.29, 1.82) is 0 Å². The third kappa shape index (κ3) is 2.67. The molecule has 2 amide bonds. The van der Waals surface area contributed by atoms with E-state index in [4.69, 9.17) is 4.84 Å². The summed E-state index contributed by atoms with van der Waals surface area (Å²) in [6, 6.07) is 7.65. The Balaban J connectivity index is 1.80. The molecule has 0 saturated carbocycles. The average Bonchev–Trinajstić information content (AvgIpc) is 3.14. The molecule has 0 bridgehead atoms. The standard InChI is InChI=1S/C16H11NO6S/c1-22-13(18)8-12-11(6-7-24-12)16(21)23-17-14(19)9-4-2-3-5-10(9)15(17)20/h2-7H,8H2,1H3. The van der Waals surface area contributed by atoms with Crippen LogP contribution in [0.3, 0.4) is 0 Å². The zero-order valence-electron chi connectivity index (χ0n) is 12.5. The molecule has 0 atom stereocenters. The number of hydroxylamine groups is 2. The molecule has 8 heteroatoms. The Hall–Kier alpha value is -3.00. The van der Waals surface area contributed by atoms with Crippen LogP contribution < -0.4 is 0 Å². The van der Waals surface area contributed by atoms with E-state index in [9.17, 15) is 19.2 Å². The fourth-order valence-corrected chi connectivity index (χ4v) is 3.09. The van der Waals surface area contributed by atoms with Gasteiger partial charge in [0.2, 0.25) is 0 Å². The molecule has 24 heavy (non-hydrogen) atoms. The lowest BCUT2D eigenvalue weighted by Crippen LogP contribution is -2.32. The number of rotatable bonds is 4. The first-order chi connectivity index (χ1) is 11.5. The van der Waals surface area contributed by atoms with Crippen molar-refractivity contribution < 1.29 is 28.8 Å². The van der Waals surface area contributed by atoms with Crippen molar-refractivity contribution in [3.63, 3.8) is 0 Å². The average molecular weight is 345 g/mol.